The van der Waals surface area contributed by atoms with E-state index in [1.165, 1.54) is 13.2 Å². The van der Waals surface area contributed by atoms with E-state index in [4.69, 9.17) is 16.3 Å². The summed E-state index contributed by atoms with van der Waals surface area (Å²) >= 11 is 9.22. The van der Waals surface area contributed by atoms with Gasteiger partial charge in [-0.05, 0) is 36.4 Å². The molecule has 0 aromatic heterocycles. The van der Waals surface area contributed by atoms with E-state index in [2.05, 4.69) is 21.2 Å². The smallest absolute Gasteiger partial charge is 0.339 e. The highest BCUT2D eigenvalue weighted by Gasteiger charge is 2.12. The van der Waals surface area contributed by atoms with Crippen LogP contribution in [0.1, 0.15) is 15.9 Å². The molecule has 6 heteroatoms. The van der Waals surface area contributed by atoms with Crippen LogP contribution in [0.3, 0.4) is 0 Å². The molecular weight excluding hydrogens is 361 g/mol. The summed E-state index contributed by atoms with van der Waals surface area (Å²) in [4.78, 5) is 11.7. The van der Waals surface area contributed by atoms with E-state index in [0.717, 1.165) is 4.47 Å². The van der Waals surface area contributed by atoms with Crippen molar-refractivity contribution in [1.82, 2.24) is 0 Å². The Balaban J connectivity index is 2.25. The summed E-state index contributed by atoms with van der Waals surface area (Å²) in [5.41, 5.74) is 1.31. The Kier molecular flexibility index (Phi) is 5.20. The molecule has 0 fully saturated rings. The SMILES string of the molecule is COC(=O)c1ccc(Cl)cc1NCc1cc(Br)ccc1F. The summed E-state index contributed by atoms with van der Waals surface area (Å²) in [6.07, 6.45) is 0. The van der Waals surface area contributed by atoms with Crippen molar-refractivity contribution in [2.24, 2.45) is 0 Å². The molecule has 0 saturated carbocycles. The molecule has 0 spiro atoms. The highest BCUT2D eigenvalue weighted by Crippen LogP contribution is 2.23. The standard InChI is InChI=1S/C15H12BrClFNO2/c1-21-15(20)12-4-3-11(17)7-14(12)19-8-9-6-10(16)2-5-13(9)18/h2-7,19H,8H2,1H3. The van der Waals surface area contributed by atoms with Crippen molar-refractivity contribution in [3.63, 3.8) is 0 Å². The Hall–Kier alpha value is -1.59. The quantitative estimate of drug-likeness (QED) is 0.795. The molecule has 0 aliphatic rings. The van der Waals surface area contributed by atoms with Gasteiger partial charge in [0, 0.05) is 21.6 Å². The maximum atomic E-state index is 13.7. The van der Waals surface area contributed by atoms with E-state index in [-0.39, 0.29) is 12.4 Å². The van der Waals surface area contributed by atoms with Crippen LogP contribution in [0, 0.1) is 5.82 Å². The predicted octanol–water partition coefficient (Wildman–Crippen LogP) is 4.64. The van der Waals surface area contributed by atoms with E-state index in [1.807, 2.05) is 0 Å². The monoisotopic (exact) mass is 371 g/mol. The van der Waals surface area contributed by atoms with Crippen LogP contribution in [0.5, 0.6) is 0 Å². The molecule has 0 bridgehead atoms. The lowest BCUT2D eigenvalue weighted by Gasteiger charge is -2.12. The fraction of sp³-hybridized carbons (Fsp3) is 0.133. The first-order valence-corrected chi connectivity index (χ1v) is 7.24. The number of rotatable bonds is 4. The van der Waals surface area contributed by atoms with Gasteiger partial charge in [-0.25, -0.2) is 9.18 Å². The first-order chi connectivity index (χ1) is 10.0. The molecule has 0 aliphatic heterocycles. The average Bonchev–Trinajstić information content (AvgIpc) is 2.47. The van der Waals surface area contributed by atoms with Crippen molar-refractivity contribution >= 4 is 39.2 Å². The fourth-order valence-corrected chi connectivity index (χ4v) is 2.40. The summed E-state index contributed by atoms with van der Waals surface area (Å²) in [5.74, 6) is -0.809. The zero-order valence-corrected chi connectivity index (χ0v) is 13.5. The number of anilines is 1. The number of methoxy groups -OCH3 is 1. The molecular formula is C15H12BrClFNO2. The van der Waals surface area contributed by atoms with Gasteiger partial charge in [-0.2, -0.15) is 0 Å². The minimum Gasteiger partial charge on any atom is -0.465 e. The van der Waals surface area contributed by atoms with E-state index in [0.29, 0.717) is 21.8 Å². The van der Waals surface area contributed by atoms with Gasteiger partial charge < -0.3 is 10.1 Å². The lowest BCUT2D eigenvalue weighted by molar-refractivity contribution is 0.0602. The molecule has 0 unspecified atom stereocenters. The molecule has 2 rings (SSSR count). The largest absolute Gasteiger partial charge is 0.465 e. The fourth-order valence-electron chi connectivity index (χ4n) is 1.82. The molecule has 2 aromatic rings. The lowest BCUT2D eigenvalue weighted by Crippen LogP contribution is -2.09. The minimum absolute atomic E-state index is 0.218. The van der Waals surface area contributed by atoms with Crippen LogP contribution in [0.15, 0.2) is 40.9 Å². The maximum Gasteiger partial charge on any atom is 0.339 e. The van der Waals surface area contributed by atoms with E-state index < -0.39 is 5.97 Å². The molecule has 2 aromatic carbocycles. The highest BCUT2D eigenvalue weighted by molar-refractivity contribution is 9.10. The zero-order chi connectivity index (χ0) is 15.4. The van der Waals surface area contributed by atoms with Gasteiger partial charge in [-0.1, -0.05) is 27.5 Å². The Morgan fingerprint density at radius 3 is 2.81 bits per heavy atom. The third kappa shape index (κ3) is 3.95. The van der Waals surface area contributed by atoms with Crippen LogP contribution in [-0.2, 0) is 11.3 Å². The third-order valence-corrected chi connectivity index (χ3v) is 3.59. The Morgan fingerprint density at radius 1 is 1.33 bits per heavy atom. The van der Waals surface area contributed by atoms with Crippen molar-refractivity contribution in [1.29, 1.82) is 0 Å². The second-order valence-corrected chi connectivity index (χ2v) is 5.62. The number of carbonyl (C=O) groups is 1. The van der Waals surface area contributed by atoms with Gasteiger partial charge in [0.15, 0.2) is 0 Å². The highest BCUT2D eigenvalue weighted by atomic mass is 79.9. The summed E-state index contributed by atoms with van der Waals surface area (Å²) in [6.45, 7) is 0.218. The first-order valence-electron chi connectivity index (χ1n) is 6.07. The number of carbonyl (C=O) groups excluding carboxylic acids is 1. The van der Waals surface area contributed by atoms with Crippen molar-refractivity contribution in [3.8, 4) is 0 Å². The van der Waals surface area contributed by atoms with Crippen molar-refractivity contribution in [2.45, 2.75) is 6.54 Å². The van der Waals surface area contributed by atoms with Crippen LogP contribution >= 0.6 is 27.5 Å². The number of nitrogens with one attached hydrogen (secondary N) is 1. The first kappa shape index (κ1) is 15.8. The van der Waals surface area contributed by atoms with Gasteiger partial charge in [0.1, 0.15) is 5.82 Å². The summed E-state index contributed by atoms with van der Waals surface area (Å²) in [7, 11) is 1.30. The number of benzene rings is 2. The van der Waals surface area contributed by atoms with E-state index in [9.17, 15) is 9.18 Å². The number of ether oxygens (including phenoxy) is 1. The van der Waals surface area contributed by atoms with Gasteiger partial charge in [0.25, 0.3) is 0 Å². The molecule has 0 radical (unpaired) electrons. The maximum absolute atomic E-state index is 13.7. The molecule has 1 N–H and O–H groups in total. The van der Waals surface area contributed by atoms with E-state index >= 15 is 0 Å². The molecule has 0 heterocycles. The number of hydrogen-bond donors (Lipinski definition) is 1. The molecule has 0 aliphatic carbocycles. The van der Waals surface area contributed by atoms with Gasteiger partial charge >= 0.3 is 5.97 Å². The van der Waals surface area contributed by atoms with Gasteiger partial charge in [0.05, 0.1) is 18.4 Å². The molecule has 0 saturated heterocycles. The second kappa shape index (κ2) is 6.91. The lowest BCUT2D eigenvalue weighted by atomic mass is 10.1. The number of esters is 1. The zero-order valence-electron chi connectivity index (χ0n) is 11.1. The van der Waals surface area contributed by atoms with Crippen LogP contribution in [0.4, 0.5) is 10.1 Å². The Morgan fingerprint density at radius 2 is 2.10 bits per heavy atom. The van der Waals surface area contributed by atoms with Gasteiger partial charge in [-0.15, -0.1) is 0 Å². The average molecular weight is 373 g/mol. The van der Waals surface area contributed by atoms with Crippen LogP contribution < -0.4 is 5.32 Å². The van der Waals surface area contributed by atoms with Crippen molar-refractivity contribution in [2.75, 3.05) is 12.4 Å². The molecule has 0 amide bonds. The topological polar surface area (TPSA) is 38.3 Å². The van der Waals surface area contributed by atoms with E-state index in [1.54, 1.807) is 30.3 Å². The van der Waals surface area contributed by atoms with Crippen LogP contribution in [0.2, 0.25) is 5.02 Å². The minimum atomic E-state index is -0.483. The van der Waals surface area contributed by atoms with Crippen molar-refractivity contribution in [3.05, 3.63) is 62.8 Å². The number of hydrogen-bond acceptors (Lipinski definition) is 3. The summed E-state index contributed by atoms with van der Waals surface area (Å²) in [5, 5.41) is 3.48. The predicted molar refractivity (Wildman–Crippen MR) is 84.2 cm³/mol. The Labute approximate surface area is 135 Å². The Bertz CT molecular complexity index is 679. The van der Waals surface area contributed by atoms with Crippen LogP contribution in [0.25, 0.3) is 0 Å². The van der Waals surface area contributed by atoms with Gasteiger partial charge in [0.2, 0.25) is 0 Å². The van der Waals surface area contributed by atoms with Crippen molar-refractivity contribution < 1.29 is 13.9 Å². The van der Waals surface area contributed by atoms with Gasteiger partial charge in [-0.3, -0.25) is 0 Å². The normalized spacial score (nSPS) is 10.3. The molecule has 110 valence electrons. The summed E-state index contributed by atoms with van der Waals surface area (Å²) in [6, 6.07) is 9.43. The second-order valence-electron chi connectivity index (χ2n) is 4.27. The van der Waals surface area contributed by atoms with Crippen LogP contribution in [-0.4, -0.2) is 13.1 Å². The molecule has 3 nitrogen and oxygen atoms in total. The molecule has 0 atom stereocenters. The third-order valence-electron chi connectivity index (χ3n) is 2.86. The summed E-state index contributed by atoms with van der Waals surface area (Å²) < 4.78 is 19.2. The molecule has 21 heavy (non-hydrogen) atoms. The number of halogens is 3.